The van der Waals surface area contributed by atoms with E-state index in [0.717, 1.165) is 20.2 Å². The minimum atomic E-state index is -0.0772. The standard InChI is InChI=1S/C15H16N4OS2/c1-9(10-5-4-6-16-8-10)17-13(20)11-7-12-14(21-11)18-15(22-12)19(2)3/h4-9H,1-3H3,(H,17,20). The first-order valence-corrected chi connectivity index (χ1v) is 8.46. The van der Waals surface area contributed by atoms with Gasteiger partial charge in [-0.3, -0.25) is 9.78 Å². The molecule has 0 fully saturated rings. The number of hydrogen-bond donors (Lipinski definition) is 1. The lowest BCUT2D eigenvalue weighted by atomic mass is 10.1. The smallest absolute Gasteiger partial charge is 0.261 e. The van der Waals surface area contributed by atoms with Crippen LogP contribution in [0, 0.1) is 0 Å². The quantitative estimate of drug-likeness (QED) is 0.796. The Morgan fingerprint density at radius 1 is 1.36 bits per heavy atom. The number of hydrogen-bond acceptors (Lipinski definition) is 6. The van der Waals surface area contributed by atoms with Crippen molar-refractivity contribution in [1.82, 2.24) is 15.3 Å². The van der Waals surface area contributed by atoms with Crippen LogP contribution in [0.5, 0.6) is 0 Å². The molecule has 1 amide bonds. The van der Waals surface area contributed by atoms with Gasteiger partial charge in [-0.1, -0.05) is 17.4 Å². The van der Waals surface area contributed by atoms with Gasteiger partial charge in [0, 0.05) is 26.5 Å². The fraction of sp³-hybridized carbons (Fsp3) is 0.267. The topological polar surface area (TPSA) is 58.1 Å². The lowest BCUT2D eigenvalue weighted by Crippen LogP contribution is -2.25. The number of pyridine rings is 1. The molecule has 7 heteroatoms. The van der Waals surface area contributed by atoms with Crippen molar-refractivity contribution >= 4 is 43.2 Å². The van der Waals surface area contributed by atoms with E-state index in [9.17, 15) is 4.79 Å². The molecule has 1 unspecified atom stereocenters. The Balaban J connectivity index is 1.76. The van der Waals surface area contributed by atoms with E-state index in [1.165, 1.54) is 11.3 Å². The Morgan fingerprint density at radius 2 is 2.18 bits per heavy atom. The van der Waals surface area contributed by atoms with Gasteiger partial charge in [-0.05, 0) is 24.6 Å². The first kappa shape index (κ1) is 14.9. The first-order valence-electron chi connectivity index (χ1n) is 6.83. The fourth-order valence-electron chi connectivity index (χ4n) is 2.01. The minimum absolute atomic E-state index is 0.0713. The molecule has 114 valence electrons. The summed E-state index contributed by atoms with van der Waals surface area (Å²) in [6, 6.07) is 5.66. The van der Waals surface area contributed by atoms with Crippen LogP contribution in [-0.2, 0) is 0 Å². The van der Waals surface area contributed by atoms with Gasteiger partial charge < -0.3 is 10.2 Å². The molecule has 3 heterocycles. The van der Waals surface area contributed by atoms with Crippen LogP contribution in [0.25, 0.3) is 9.53 Å². The minimum Gasteiger partial charge on any atom is -0.354 e. The van der Waals surface area contributed by atoms with Crippen molar-refractivity contribution in [3.63, 3.8) is 0 Å². The van der Waals surface area contributed by atoms with E-state index >= 15 is 0 Å². The summed E-state index contributed by atoms with van der Waals surface area (Å²) in [5.41, 5.74) is 0.988. The third kappa shape index (κ3) is 2.95. The number of carbonyl (C=O) groups excluding carboxylic acids is 1. The van der Waals surface area contributed by atoms with Crippen LogP contribution >= 0.6 is 22.7 Å². The molecule has 5 nitrogen and oxygen atoms in total. The summed E-state index contributed by atoms with van der Waals surface area (Å²) < 4.78 is 1.05. The zero-order chi connectivity index (χ0) is 15.7. The maximum Gasteiger partial charge on any atom is 0.261 e. The summed E-state index contributed by atoms with van der Waals surface area (Å²) >= 11 is 3.02. The summed E-state index contributed by atoms with van der Waals surface area (Å²) in [5.74, 6) is -0.0713. The summed E-state index contributed by atoms with van der Waals surface area (Å²) in [6.45, 7) is 1.95. The van der Waals surface area contributed by atoms with Gasteiger partial charge >= 0.3 is 0 Å². The first-order chi connectivity index (χ1) is 10.5. The van der Waals surface area contributed by atoms with E-state index in [-0.39, 0.29) is 11.9 Å². The highest BCUT2D eigenvalue weighted by atomic mass is 32.1. The molecule has 0 aliphatic carbocycles. The molecule has 1 atom stereocenters. The maximum atomic E-state index is 12.4. The van der Waals surface area contributed by atoms with Crippen molar-refractivity contribution < 1.29 is 4.79 Å². The van der Waals surface area contributed by atoms with Crippen LogP contribution in [0.4, 0.5) is 5.13 Å². The number of anilines is 1. The third-order valence-corrected chi connectivity index (χ3v) is 5.54. The Labute approximate surface area is 136 Å². The lowest BCUT2D eigenvalue weighted by molar-refractivity contribution is 0.0944. The van der Waals surface area contributed by atoms with Crippen LogP contribution in [0.15, 0.2) is 30.6 Å². The molecule has 0 aromatic carbocycles. The SMILES string of the molecule is CC(NC(=O)c1cc2sc(N(C)C)nc2s1)c1cccnc1. The number of carbonyl (C=O) groups is 1. The molecule has 0 radical (unpaired) electrons. The van der Waals surface area contributed by atoms with E-state index in [1.807, 2.05) is 44.1 Å². The number of nitrogens with one attached hydrogen (secondary N) is 1. The van der Waals surface area contributed by atoms with Crippen molar-refractivity contribution in [3.8, 4) is 0 Å². The van der Waals surface area contributed by atoms with Crippen LogP contribution in [0.2, 0.25) is 0 Å². The Kier molecular flexibility index (Phi) is 4.08. The second-order valence-electron chi connectivity index (χ2n) is 5.15. The van der Waals surface area contributed by atoms with Gasteiger partial charge in [0.25, 0.3) is 5.91 Å². The van der Waals surface area contributed by atoms with Gasteiger partial charge in [0.15, 0.2) is 5.13 Å². The molecular weight excluding hydrogens is 316 g/mol. The zero-order valence-corrected chi connectivity index (χ0v) is 14.2. The van der Waals surface area contributed by atoms with Crippen LogP contribution in [0.3, 0.4) is 0 Å². The molecule has 0 spiro atoms. The summed E-state index contributed by atoms with van der Waals surface area (Å²) in [7, 11) is 3.93. The molecule has 22 heavy (non-hydrogen) atoms. The number of rotatable bonds is 4. The second-order valence-corrected chi connectivity index (χ2v) is 7.19. The van der Waals surface area contributed by atoms with E-state index in [1.54, 1.807) is 23.7 Å². The van der Waals surface area contributed by atoms with Gasteiger partial charge in [0.2, 0.25) is 0 Å². The van der Waals surface area contributed by atoms with Crippen LogP contribution in [-0.4, -0.2) is 30.0 Å². The molecule has 0 aliphatic heterocycles. The number of thiophene rings is 1. The van der Waals surface area contributed by atoms with E-state index in [0.29, 0.717) is 4.88 Å². The summed E-state index contributed by atoms with van der Waals surface area (Å²) in [6.07, 6.45) is 3.49. The highest BCUT2D eigenvalue weighted by Crippen LogP contribution is 2.34. The third-order valence-electron chi connectivity index (χ3n) is 3.22. The van der Waals surface area contributed by atoms with Gasteiger partial charge in [-0.25, -0.2) is 4.98 Å². The number of nitrogens with zero attached hydrogens (tertiary/aromatic N) is 3. The molecule has 0 bridgehead atoms. The Hall–Kier alpha value is -1.99. The Bertz CT molecular complexity index is 763. The average Bonchev–Trinajstić information content (AvgIpc) is 3.06. The molecule has 3 rings (SSSR count). The fourth-order valence-corrected chi connectivity index (χ4v) is 4.05. The van der Waals surface area contributed by atoms with Crippen molar-refractivity contribution in [2.24, 2.45) is 0 Å². The predicted octanol–water partition coefficient (Wildman–Crippen LogP) is 3.31. The van der Waals surface area contributed by atoms with E-state index in [2.05, 4.69) is 15.3 Å². The molecule has 0 saturated carbocycles. The maximum absolute atomic E-state index is 12.4. The predicted molar refractivity (Wildman–Crippen MR) is 91.9 cm³/mol. The van der Waals surface area contributed by atoms with Gasteiger partial charge in [-0.15, -0.1) is 11.3 Å². The van der Waals surface area contributed by atoms with Gasteiger partial charge in [-0.2, -0.15) is 0 Å². The summed E-state index contributed by atoms with van der Waals surface area (Å²) in [5, 5.41) is 3.95. The molecule has 0 saturated heterocycles. The lowest BCUT2D eigenvalue weighted by Gasteiger charge is -2.12. The zero-order valence-electron chi connectivity index (χ0n) is 12.5. The number of fused-ring (bicyclic) bond motifs is 1. The Morgan fingerprint density at radius 3 is 2.82 bits per heavy atom. The van der Waals surface area contributed by atoms with Crippen molar-refractivity contribution in [2.45, 2.75) is 13.0 Å². The van der Waals surface area contributed by atoms with Gasteiger partial charge in [0.05, 0.1) is 15.6 Å². The highest BCUT2D eigenvalue weighted by molar-refractivity contribution is 7.29. The highest BCUT2D eigenvalue weighted by Gasteiger charge is 2.16. The number of amides is 1. The van der Waals surface area contributed by atoms with Crippen molar-refractivity contribution in [2.75, 3.05) is 19.0 Å². The van der Waals surface area contributed by atoms with E-state index in [4.69, 9.17) is 0 Å². The van der Waals surface area contributed by atoms with Crippen LogP contribution < -0.4 is 10.2 Å². The van der Waals surface area contributed by atoms with Crippen molar-refractivity contribution in [1.29, 1.82) is 0 Å². The van der Waals surface area contributed by atoms with Crippen molar-refractivity contribution in [3.05, 3.63) is 41.0 Å². The molecule has 3 aromatic heterocycles. The second kappa shape index (κ2) is 6.02. The van der Waals surface area contributed by atoms with E-state index < -0.39 is 0 Å². The molecule has 1 N–H and O–H groups in total. The largest absolute Gasteiger partial charge is 0.354 e. The normalized spacial score (nSPS) is 12.3. The van der Waals surface area contributed by atoms with Crippen LogP contribution in [0.1, 0.15) is 28.2 Å². The molecular formula is C15H16N4OS2. The van der Waals surface area contributed by atoms with Gasteiger partial charge in [0.1, 0.15) is 4.83 Å². The summed E-state index contributed by atoms with van der Waals surface area (Å²) in [4.78, 5) is 24.5. The number of aromatic nitrogens is 2. The average molecular weight is 332 g/mol. The molecule has 3 aromatic rings. The monoisotopic (exact) mass is 332 g/mol. The number of thiazole rings is 1. The molecule has 0 aliphatic rings.